The molecule has 4 nitrogen and oxygen atoms in total. The van der Waals surface area contributed by atoms with Crippen molar-refractivity contribution < 1.29 is 9.53 Å². The molecule has 0 radical (unpaired) electrons. The van der Waals surface area contributed by atoms with Gasteiger partial charge in [0, 0.05) is 32.2 Å². The van der Waals surface area contributed by atoms with Crippen molar-refractivity contribution in [3.63, 3.8) is 0 Å². The first-order valence-corrected chi connectivity index (χ1v) is 7.24. The van der Waals surface area contributed by atoms with Crippen LogP contribution in [-0.2, 0) is 9.53 Å². The lowest BCUT2D eigenvalue weighted by molar-refractivity contribution is -0.121. The number of hydrogen-bond acceptors (Lipinski definition) is 3. The second kappa shape index (κ2) is 9.50. The van der Waals surface area contributed by atoms with Crippen LogP contribution in [0.1, 0.15) is 38.3 Å². The van der Waals surface area contributed by atoms with Crippen molar-refractivity contribution in [3.05, 3.63) is 35.9 Å². The van der Waals surface area contributed by atoms with Crippen LogP contribution in [0.3, 0.4) is 0 Å². The minimum absolute atomic E-state index is 0.00906. The zero-order valence-electron chi connectivity index (χ0n) is 12.5. The molecule has 112 valence electrons. The number of ether oxygens (including phenoxy) is 1. The Balaban J connectivity index is 2.11. The molecule has 0 saturated carbocycles. The smallest absolute Gasteiger partial charge is 0.221 e. The van der Waals surface area contributed by atoms with Gasteiger partial charge in [-0.05, 0) is 17.9 Å². The summed E-state index contributed by atoms with van der Waals surface area (Å²) in [6.07, 6.45) is 1.15. The number of amides is 1. The molecule has 0 saturated heterocycles. The first kappa shape index (κ1) is 16.7. The SMILES string of the molecule is CC(C)COCCCNC(=O)CC(N)c1ccccc1. The molecule has 1 amide bonds. The highest BCUT2D eigenvalue weighted by molar-refractivity contribution is 5.76. The molecule has 1 atom stereocenters. The van der Waals surface area contributed by atoms with Crippen LogP contribution >= 0.6 is 0 Å². The van der Waals surface area contributed by atoms with E-state index in [9.17, 15) is 4.79 Å². The summed E-state index contributed by atoms with van der Waals surface area (Å²) in [6, 6.07) is 9.44. The van der Waals surface area contributed by atoms with E-state index < -0.39 is 0 Å². The van der Waals surface area contributed by atoms with Crippen LogP contribution in [0.5, 0.6) is 0 Å². The molecule has 20 heavy (non-hydrogen) atoms. The number of benzene rings is 1. The molecule has 1 rings (SSSR count). The summed E-state index contributed by atoms with van der Waals surface area (Å²) in [7, 11) is 0. The maximum absolute atomic E-state index is 11.7. The van der Waals surface area contributed by atoms with Gasteiger partial charge in [-0.25, -0.2) is 0 Å². The second-order valence-corrected chi connectivity index (χ2v) is 5.39. The Morgan fingerprint density at radius 2 is 2.00 bits per heavy atom. The van der Waals surface area contributed by atoms with E-state index in [1.165, 1.54) is 0 Å². The van der Waals surface area contributed by atoms with Crippen molar-refractivity contribution >= 4 is 5.91 Å². The van der Waals surface area contributed by atoms with Crippen LogP contribution in [0.25, 0.3) is 0 Å². The van der Waals surface area contributed by atoms with Crippen LogP contribution in [0.15, 0.2) is 30.3 Å². The Labute approximate surface area is 121 Å². The van der Waals surface area contributed by atoms with Gasteiger partial charge in [0.15, 0.2) is 0 Å². The van der Waals surface area contributed by atoms with Crippen molar-refractivity contribution in [2.24, 2.45) is 11.7 Å². The summed E-state index contributed by atoms with van der Waals surface area (Å²) in [4.78, 5) is 11.7. The molecule has 3 N–H and O–H groups in total. The standard InChI is InChI=1S/C16H26N2O2/c1-13(2)12-20-10-6-9-18-16(19)11-15(17)14-7-4-3-5-8-14/h3-5,7-8,13,15H,6,9-12,17H2,1-2H3,(H,18,19). The van der Waals surface area contributed by atoms with Crippen LogP contribution in [0.4, 0.5) is 0 Å². The maximum atomic E-state index is 11.7. The zero-order chi connectivity index (χ0) is 14.8. The molecule has 4 heteroatoms. The second-order valence-electron chi connectivity index (χ2n) is 5.39. The quantitative estimate of drug-likeness (QED) is 0.681. The fourth-order valence-corrected chi connectivity index (χ4v) is 1.81. The van der Waals surface area contributed by atoms with Gasteiger partial charge in [-0.15, -0.1) is 0 Å². The van der Waals surface area contributed by atoms with Crippen LogP contribution in [0.2, 0.25) is 0 Å². The Morgan fingerprint density at radius 3 is 2.65 bits per heavy atom. The van der Waals surface area contributed by atoms with E-state index in [1.54, 1.807) is 0 Å². The van der Waals surface area contributed by atoms with Gasteiger partial charge in [-0.2, -0.15) is 0 Å². The van der Waals surface area contributed by atoms with E-state index in [-0.39, 0.29) is 11.9 Å². The molecule has 0 aliphatic carbocycles. The van der Waals surface area contributed by atoms with Gasteiger partial charge in [-0.3, -0.25) is 4.79 Å². The van der Waals surface area contributed by atoms with Gasteiger partial charge in [0.05, 0.1) is 0 Å². The number of carbonyl (C=O) groups is 1. The van der Waals surface area contributed by atoms with E-state index in [0.29, 0.717) is 25.5 Å². The third kappa shape index (κ3) is 7.26. The number of carbonyl (C=O) groups excluding carboxylic acids is 1. The Bertz CT molecular complexity index is 379. The maximum Gasteiger partial charge on any atom is 0.221 e. The van der Waals surface area contributed by atoms with Crippen molar-refractivity contribution in [2.45, 2.75) is 32.7 Å². The molecule has 0 spiro atoms. The minimum atomic E-state index is -0.242. The first-order chi connectivity index (χ1) is 9.59. The third-order valence-corrected chi connectivity index (χ3v) is 2.87. The van der Waals surface area contributed by atoms with Crippen molar-refractivity contribution in [3.8, 4) is 0 Å². The molecule has 0 bridgehead atoms. The van der Waals surface area contributed by atoms with Gasteiger partial charge in [-0.1, -0.05) is 44.2 Å². The molecule has 1 aromatic rings. The first-order valence-electron chi connectivity index (χ1n) is 7.24. The fourth-order valence-electron chi connectivity index (χ4n) is 1.81. The van der Waals surface area contributed by atoms with Crippen molar-refractivity contribution in [1.29, 1.82) is 0 Å². The lowest BCUT2D eigenvalue weighted by Crippen LogP contribution is -2.28. The number of rotatable bonds is 9. The predicted molar refractivity (Wildman–Crippen MR) is 81.3 cm³/mol. The molecular formula is C16H26N2O2. The van der Waals surface area contributed by atoms with Crippen LogP contribution in [0, 0.1) is 5.92 Å². The molecule has 1 aromatic carbocycles. The van der Waals surface area contributed by atoms with E-state index in [2.05, 4.69) is 19.2 Å². The summed E-state index contributed by atoms with van der Waals surface area (Å²) >= 11 is 0. The normalized spacial score (nSPS) is 12.4. The number of hydrogen-bond donors (Lipinski definition) is 2. The van der Waals surface area contributed by atoms with E-state index in [0.717, 1.165) is 18.6 Å². The van der Waals surface area contributed by atoms with Gasteiger partial charge in [0.1, 0.15) is 0 Å². The van der Waals surface area contributed by atoms with E-state index >= 15 is 0 Å². The Kier molecular flexibility index (Phi) is 7.92. The number of nitrogens with one attached hydrogen (secondary N) is 1. The molecular weight excluding hydrogens is 252 g/mol. The average Bonchev–Trinajstić information content (AvgIpc) is 2.43. The molecule has 0 aliphatic heterocycles. The van der Waals surface area contributed by atoms with Crippen LogP contribution in [-0.4, -0.2) is 25.7 Å². The van der Waals surface area contributed by atoms with Gasteiger partial charge in [0.2, 0.25) is 5.91 Å². The minimum Gasteiger partial charge on any atom is -0.381 e. The molecule has 0 heterocycles. The van der Waals surface area contributed by atoms with E-state index in [1.807, 2.05) is 30.3 Å². The lowest BCUT2D eigenvalue weighted by atomic mass is 10.0. The summed E-state index contributed by atoms with van der Waals surface area (Å²) in [6.45, 7) is 6.33. The largest absolute Gasteiger partial charge is 0.381 e. The highest BCUT2D eigenvalue weighted by Crippen LogP contribution is 2.12. The lowest BCUT2D eigenvalue weighted by Gasteiger charge is -2.12. The Hall–Kier alpha value is -1.39. The molecule has 0 fully saturated rings. The van der Waals surface area contributed by atoms with Gasteiger partial charge >= 0.3 is 0 Å². The summed E-state index contributed by atoms with van der Waals surface area (Å²) in [5, 5.41) is 2.87. The van der Waals surface area contributed by atoms with Gasteiger partial charge < -0.3 is 15.8 Å². The average molecular weight is 278 g/mol. The summed E-state index contributed by atoms with van der Waals surface area (Å²) < 4.78 is 5.45. The van der Waals surface area contributed by atoms with Crippen LogP contribution < -0.4 is 11.1 Å². The highest BCUT2D eigenvalue weighted by Gasteiger charge is 2.10. The van der Waals surface area contributed by atoms with Crippen molar-refractivity contribution in [2.75, 3.05) is 19.8 Å². The highest BCUT2D eigenvalue weighted by atomic mass is 16.5. The predicted octanol–water partition coefficient (Wildman–Crippen LogP) is 2.26. The van der Waals surface area contributed by atoms with Gasteiger partial charge in [0.25, 0.3) is 0 Å². The van der Waals surface area contributed by atoms with E-state index in [4.69, 9.17) is 10.5 Å². The summed E-state index contributed by atoms with van der Waals surface area (Å²) in [5.41, 5.74) is 6.98. The number of nitrogens with two attached hydrogens (primary N) is 1. The molecule has 0 aromatic heterocycles. The monoisotopic (exact) mass is 278 g/mol. The fraction of sp³-hybridized carbons (Fsp3) is 0.562. The third-order valence-electron chi connectivity index (χ3n) is 2.87. The van der Waals surface area contributed by atoms with Crippen molar-refractivity contribution in [1.82, 2.24) is 5.32 Å². The zero-order valence-corrected chi connectivity index (χ0v) is 12.5. The Morgan fingerprint density at radius 1 is 1.30 bits per heavy atom. The topological polar surface area (TPSA) is 64.3 Å². The molecule has 1 unspecified atom stereocenters. The summed E-state index contributed by atoms with van der Waals surface area (Å²) in [5.74, 6) is 0.540. The molecule has 0 aliphatic rings.